The number of carbonyl (C=O) groups is 1. The third kappa shape index (κ3) is 5.01. The molecule has 2 heterocycles. The van der Waals surface area contributed by atoms with E-state index in [0.717, 1.165) is 4.68 Å². The predicted octanol–water partition coefficient (Wildman–Crippen LogP) is 2.58. The zero-order valence-electron chi connectivity index (χ0n) is 16.2. The SMILES string of the molecule is Cn1nc(C(F)(F)F)cc1C(=O)NCC[C@@H]1C[C@@H](S(=O)(=O)c2ccccc2)CCO1. The minimum atomic E-state index is -4.63. The van der Waals surface area contributed by atoms with Gasteiger partial charge < -0.3 is 10.1 Å². The number of alkyl halides is 3. The monoisotopic (exact) mass is 445 g/mol. The van der Waals surface area contributed by atoms with Gasteiger partial charge in [0.15, 0.2) is 15.5 Å². The Morgan fingerprint density at radius 1 is 1.30 bits per heavy atom. The molecule has 0 aliphatic carbocycles. The molecule has 30 heavy (non-hydrogen) atoms. The van der Waals surface area contributed by atoms with Gasteiger partial charge in [-0.25, -0.2) is 8.42 Å². The topological polar surface area (TPSA) is 90.3 Å². The second-order valence-corrected chi connectivity index (χ2v) is 9.31. The van der Waals surface area contributed by atoms with Crippen LogP contribution >= 0.6 is 0 Å². The summed E-state index contributed by atoms with van der Waals surface area (Å²) in [6.45, 7) is 0.417. The summed E-state index contributed by atoms with van der Waals surface area (Å²) in [4.78, 5) is 12.4. The van der Waals surface area contributed by atoms with Crippen LogP contribution in [0.1, 0.15) is 35.4 Å². The molecule has 0 radical (unpaired) electrons. The van der Waals surface area contributed by atoms with Crippen molar-refractivity contribution in [3.63, 3.8) is 0 Å². The zero-order chi connectivity index (χ0) is 21.9. The smallest absolute Gasteiger partial charge is 0.378 e. The lowest BCUT2D eigenvalue weighted by Crippen LogP contribution is -2.37. The van der Waals surface area contributed by atoms with Crippen LogP contribution in [0.2, 0.25) is 0 Å². The zero-order valence-corrected chi connectivity index (χ0v) is 17.0. The van der Waals surface area contributed by atoms with E-state index < -0.39 is 32.9 Å². The number of amides is 1. The molecule has 1 saturated heterocycles. The van der Waals surface area contributed by atoms with Crippen molar-refractivity contribution in [2.24, 2.45) is 7.05 Å². The Morgan fingerprint density at radius 3 is 2.63 bits per heavy atom. The van der Waals surface area contributed by atoms with Crippen molar-refractivity contribution >= 4 is 15.7 Å². The summed E-state index contributed by atoms with van der Waals surface area (Å²) < 4.78 is 70.2. The van der Waals surface area contributed by atoms with Crippen molar-refractivity contribution in [2.75, 3.05) is 13.2 Å². The lowest BCUT2D eigenvalue weighted by atomic mass is 10.1. The number of ether oxygens (including phenoxy) is 1. The fourth-order valence-corrected chi connectivity index (χ4v) is 5.18. The van der Waals surface area contributed by atoms with Gasteiger partial charge in [0.05, 0.1) is 16.2 Å². The minimum absolute atomic E-state index is 0.133. The molecule has 1 aliphatic heterocycles. The van der Waals surface area contributed by atoms with E-state index in [1.54, 1.807) is 30.3 Å². The van der Waals surface area contributed by atoms with Gasteiger partial charge in [0.25, 0.3) is 5.91 Å². The molecular formula is C19H22F3N3O4S. The number of aromatic nitrogens is 2. The van der Waals surface area contributed by atoms with Crippen LogP contribution < -0.4 is 5.32 Å². The summed E-state index contributed by atoms with van der Waals surface area (Å²) in [5, 5.41) is 5.26. The van der Waals surface area contributed by atoms with Crippen LogP contribution in [-0.2, 0) is 27.8 Å². The highest BCUT2D eigenvalue weighted by molar-refractivity contribution is 7.92. The molecule has 0 unspecified atom stereocenters. The van der Waals surface area contributed by atoms with E-state index >= 15 is 0 Å². The van der Waals surface area contributed by atoms with Crippen molar-refractivity contribution in [1.29, 1.82) is 0 Å². The van der Waals surface area contributed by atoms with Crippen molar-refractivity contribution in [1.82, 2.24) is 15.1 Å². The second-order valence-electron chi connectivity index (χ2n) is 7.08. The van der Waals surface area contributed by atoms with Crippen molar-refractivity contribution in [3.05, 3.63) is 47.8 Å². The molecule has 2 atom stereocenters. The van der Waals surface area contributed by atoms with Gasteiger partial charge in [-0.15, -0.1) is 0 Å². The van der Waals surface area contributed by atoms with E-state index in [9.17, 15) is 26.4 Å². The first-order valence-electron chi connectivity index (χ1n) is 9.39. The van der Waals surface area contributed by atoms with Crippen LogP contribution in [0.4, 0.5) is 13.2 Å². The Bertz CT molecular complexity index is 990. The van der Waals surface area contributed by atoms with Crippen molar-refractivity contribution in [2.45, 2.75) is 41.7 Å². The lowest BCUT2D eigenvalue weighted by molar-refractivity contribution is -0.141. The molecular weight excluding hydrogens is 423 g/mol. The molecule has 1 N–H and O–H groups in total. The van der Waals surface area contributed by atoms with Gasteiger partial charge in [-0.3, -0.25) is 9.48 Å². The first-order chi connectivity index (χ1) is 14.1. The maximum atomic E-state index is 12.8. The van der Waals surface area contributed by atoms with E-state index in [4.69, 9.17) is 4.74 Å². The summed E-state index contributed by atoms with van der Waals surface area (Å²) in [6, 6.07) is 8.89. The molecule has 1 aromatic carbocycles. The molecule has 7 nitrogen and oxygen atoms in total. The van der Waals surface area contributed by atoms with E-state index in [1.165, 1.54) is 7.05 Å². The normalized spacial score (nSPS) is 20.1. The molecule has 11 heteroatoms. The predicted molar refractivity (Wildman–Crippen MR) is 102 cm³/mol. The quantitative estimate of drug-likeness (QED) is 0.738. The highest BCUT2D eigenvalue weighted by Gasteiger charge is 2.36. The van der Waals surface area contributed by atoms with E-state index in [-0.39, 0.29) is 36.3 Å². The van der Waals surface area contributed by atoms with Crippen LogP contribution in [0, 0.1) is 0 Å². The first-order valence-corrected chi connectivity index (χ1v) is 10.9. The Morgan fingerprint density at radius 2 is 2.00 bits per heavy atom. The third-order valence-corrected chi connectivity index (χ3v) is 7.22. The minimum Gasteiger partial charge on any atom is -0.378 e. The number of aryl methyl sites for hydroxylation is 1. The molecule has 0 saturated carbocycles. The molecule has 164 valence electrons. The number of halogens is 3. The van der Waals surface area contributed by atoms with Gasteiger partial charge in [-0.1, -0.05) is 18.2 Å². The van der Waals surface area contributed by atoms with Gasteiger partial charge in [0, 0.05) is 26.3 Å². The van der Waals surface area contributed by atoms with Crippen molar-refractivity contribution in [3.8, 4) is 0 Å². The average molecular weight is 445 g/mol. The highest BCUT2D eigenvalue weighted by Crippen LogP contribution is 2.29. The number of sulfone groups is 1. The van der Waals surface area contributed by atoms with Crippen LogP contribution in [0.3, 0.4) is 0 Å². The van der Waals surface area contributed by atoms with Gasteiger partial charge >= 0.3 is 6.18 Å². The summed E-state index contributed by atoms with van der Waals surface area (Å²) in [5.74, 6) is -0.690. The first kappa shape index (κ1) is 22.3. The summed E-state index contributed by atoms with van der Waals surface area (Å²) >= 11 is 0. The molecule has 2 aromatic rings. The number of carbonyl (C=O) groups excluding carboxylic acids is 1. The van der Waals surface area contributed by atoms with Gasteiger partial charge in [-0.05, 0) is 31.4 Å². The maximum absolute atomic E-state index is 12.8. The third-order valence-electron chi connectivity index (χ3n) is 4.98. The largest absolute Gasteiger partial charge is 0.435 e. The van der Waals surface area contributed by atoms with Crippen LogP contribution in [-0.4, -0.2) is 48.6 Å². The maximum Gasteiger partial charge on any atom is 0.435 e. The number of nitrogens with one attached hydrogen (secondary N) is 1. The Balaban J connectivity index is 1.55. The summed E-state index contributed by atoms with van der Waals surface area (Å²) in [5.41, 5.74) is -1.35. The number of benzene rings is 1. The van der Waals surface area contributed by atoms with Crippen molar-refractivity contribution < 1.29 is 31.1 Å². The highest BCUT2D eigenvalue weighted by atomic mass is 32.2. The Kier molecular flexibility index (Phi) is 6.51. The molecule has 1 aliphatic rings. The fraction of sp³-hybridized carbons (Fsp3) is 0.474. The molecule has 0 bridgehead atoms. The summed E-state index contributed by atoms with van der Waals surface area (Å²) in [7, 11) is -2.22. The molecule has 0 spiro atoms. The van der Waals surface area contributed by atoms with E-state index in [0.29, 0.717) is 18.9 Å². The van der Waals surface area contributed by atoms with Crippen LogP contribution in [0.5, 0.6) is 0 Å². The lowest BCUT2D eigenvalue weighted by Gasteiger charge is -2.29. The van der Waals surface area contributed by atoms with Gasteiger partial charge in [-0.2, -0.15) is 18.3 Å². The standard InChI is InChI=1S/C19H22F3N3O4S/c1-25-16(12-17(24-25)19(20,21)22)18(26)23-9-7-13-11-15(8-10-29-13)30(27,28)14-5-3-2-4-6-14/h2-6,12-13,15H,7-11H2,1H3,(H,23,26)/t13-,15+/m1/s1. The van der Waals surface area contributed by atoms with Crippen LogP contribution in [0.25, 0.3) is 0 Å². The Hall–Kier alpha value is -2.40. The number of hydrogen-bond acceptors (Lipinski definition) is 5. The van der Waals surface area contributed by atoms with E-state index in [2.05, 4.69) is 10.4 Å². The molecule has 1 fully saturated rings. The number of hydrogen-bond donors (Lipinski definition) is 1. The Labute approximate surface area is 172 Å². The molecule has 3 rings (SSSR count). The van der Waals surface area contributed by atoms with Crippen LogP contribution in [0.15, 0.2) is 41.3 Å². The van der Waals surface area contributed by atoms with Gasteiger partial charge in [0.1, 0.15) is 5.69 Å². The second kappa shape index (κ2) is 8.76. The fourth-order valence-electron chi connectivity index (χ4n) is 3.39. The average Bonchev–Trinajstić information content (AvgIpc) is 3.11. The number of nitrogens with zero attached hydrogens (tertiary/aromatic N) is 2. The molecule has 1 amide bonds. The number of rotatable bonds is 6. The molecule has 1 aromatic heterocycles. The van der Waals surface area contributed by atoms with Gasteiger partial charge in [0.2, 0.25) is 0 Å². The summed E-state index contributed by atoms with van der Waals surface area (Å²) in [6.07, 6.45) is -3.99. The van der Waals surface area contributed by atoms with E-state index in [1.807, 2.05) is 0 Å².